The summed E-state index contributed by atoms with van der Waals surface area (Å²) in [4.78, 5) is 13.2. The van der Waals surface area contributed by atoms with Crippen LogP contribution in [0.5, 0.6) is 17.2 Å². The predicted octanol–water partition coefficient (Wildman–Crippen LogP) is 6.35. The second kappa shape index (κ2) is 11.6. The number of rotatable bonds is 11. The fourth-order valence-electron chi connectivity index (χ4n) is 4.00. The zero-order chi connectivity index (χ0) is 23.8. The fraction of sp³-hybridized carbons (Fsp3) is 0.444. The standard InChI is InChI=1S/C27H35N3O3/c1-4-7-10-18-13-15-21(20(23(18)31)12-9-6-3)26-28-17-29-27(30-26)22-16-14-19(11-8-5-2)24(32)25(22)33/h13-17,31-33H,4-12H2,1-3H3. The average Bonchev–Trinajstić information content (AvgIpc) is 2.83. The van der Waals surface area contributed by atoms with E-state index >= 15 is 0 Å². The van der Waals surface area contributed by atoms with Crippen molar-refractivity contribution < 1.29 is 15.3 Å². The Labute approximate surface area is 196 Å². The first-order chi connectivity index (χ1) is 16.0. The van der Waals surface area contributed by atoms with Gasteiger partial charge in [-0.2, -0.15) is 0 Å². The number of nitrogens with zero attached hydrogens (tertiary/aromatic N) is 3. The molecule has 1 aromatic heterocycles. The molecule has 0 atom stereocenters. The van der Waals surface area contributed by atoms with Crippen molar-refractivity contribution in [1.82, 2.24) is 15.0 Å². The van der Waals surface area contributed by atoms with Gasteiger partial charge in [-0.1, -0.05) is 58.2 Å². The van der Waals surface area contributed by atoms with Gasteiger partial charge in [0.1, 0.15) is 12.1 Å². The first-order valence-electron chi connectivity index (χ1n) is 12.1. The number of aromatic hydroxyl groups is 3. The predicted molar refractivity (Wildman–Crippen MR) is 132 cm³/mol. The molecule has 0 amide bonds. The van der Waals surface area contributed by atoms with Crippen molar-refractivity contribution in [1.29, 1.82) is 0 Å². The Kier molecular flexibility index (Phi) is 8.64. The van der Waals surface area contributed by atoms with Gasteiger partial charge in [-0.25, -0.2) is 15.0 Å². The highest BCUT2D eigenvalue weighted by atomic mass is 16.3. The maximum atomic E-state index is 11.0. The minimum Gasteiger partial charge on any atom is -0.507 e. The Morgan fingerprint density at radius 1 is 0.606 bits per heavy atom. The SMILES string of the molecule is CCCCc1ccc(-c2ncnc(-c3ccc(CCCC)c(O)c3CCCC)n2)c(O)c1O. The van der Waals surface area contributed by atoms with Gasteiger partial charge in [0.25, 0.3) is 0 Å². The van der Waals surface area contributed by atoms with Crippen molar-refractivity contribution in [3.63, 3.8) is 0 Å². The molecular weight excluding hydrogens is 414 g/mol. The van der Waals surface area contributed by atoms with Gasteiger partial charge in [-0.3, -0.25) is 0 Å². The van der Waals surface area contributed by atoms with E-state index in [-0.39, 0.29) is 17.3 Å². The largest absolute Gasteiger partial charge is 0.507 e. The Hall–Kier alpha value is -3.15. The van der Waals surface area contributed by atoms with Gasteiger partial charge in [0.05, 0.1) is 5.56 Å². The quantitative estimate of drug-likeness (QED) is 0.295. The number of benzene rings is 2. The monoisotopic (exact) mass is 449 g/mol. The lowest BCUT2D eigenvalue weighted by atomic mass is 9.95. The molecular formula is C27H35N3O3. The smallest absolute Gasteiger partial charge is 0.168 e. The van der Waals surface area contributed by atoms with Gasteiger partial charge < -0.3 is 15.3 Å². The van der Waals surface area contributed by atoms with Crippen molar-refractivity contribution in [2.45, 2.75) is 78.6 Å². The van der Waals surface area contributed by atoms with Crippen LogP contribution in [0.25, 0.3) is 22.8 Å². The highest BCUT2D eigenvalue weighted by Gasteiger charge is 2.19. The molecule has 0 saturated carbocycles. The van der Waals surface area contributed by atoms with Crippen molar-refractivity contribution in [3.05, 3.63) is 47.3 Å². The molecule has 1 heterocycles. The van der Waals surface area contributed by atoms with Crippen molar-refractivity contribution in [2.75, 3.05) is 0 Å². The van der Waals surface area contributed by atoms with Crippen LogP contribution in [-0.4, -0.2) is 30.3 Å². The van der Waals surface area contributed by atoms with Crippen LogP contribution in [0.15, 0.2) is 30.6 Å². The van der Waals surface area contributed by atoms with Crippen LogP contribution in [0.2, 0.25) is 0 Å². The first kappa shape index (κ1) is 24.5. The third-order valence-electron chi connectivity index (χ3n) is 6.03. The highest BCUT2D eigenvalue weighted by Crippen LogP contribution is 2.39. The van der Waals surface area contributed by atoms with Crippen LogP contribution in [-0.2, 0) is 19.3 Å². The van der Waals surface area contributed by atoms with E-state index in [9.17, 15) is 15.3 Å². The third kappa shape index (κ3) is 5.62. The summed E-state index contributed by atoms with van der Waals surface area (Å²) in [6, 6.07) is 7.47. The lowest BCUT2D eigenvalue weighted by Crippen LogP contribution is -2.01. The fourth-order valence-corrected chi connectivity index (χ4v) is 4.00. The molecule has 33 heavy (non-hydrogen) atoms. The molecule has 0 radical (unpaired) electrons. The lowest BCUT2D eigenvalue weighted by molar-refractivity contribution is 0.400. The Morgan fingerprint density at radius 2 is 1.12 bits per heavy atom. The van der Waals surface area contributed by atoms with Crippen LogP contribution in [0.4, 0.5) is 0 Å². The van der Waals surface area contributed by atoms with Crippen LogP contribution in [0, 0.1) is 0 Å². The van der Waals surface area contributed by atoms with Gasteiger partial charge >= 0.3 is 0 Å². The summed E-state index contributed by atoms with van der Waals surface area (Å²) in [7, 11) is 0. The Morgan fingerprint density at radius 3 is 1.73 bits per heavy atom. The first-order valence-corrected chi connectivity index (χ1v) is 12.1. The molecule has 176 valence electrons. The van der Waals surface area contributed by atoms with E-state index in [0.717, 1.165) is 68.1 Å². The molecule has 3 rings (SSSR count). The lowest BCUT2D eigenvalue weighted by Gasteiger charge is -2.15. The summed E-state index contributed by atoms with van der Waals surface area (Å²) in [5, 5.41) is 32.1. The number of aromatic nitrogens is 3. The summed E-state index contributed by atoms with van der Waals surface area (Å²) in [5.74, 6) is 0.717. The Bertz CT molecular complexity index is 1080. The van der Waals surface area contributed by atoms with E-state index in [4.69, 9.17) is 0 Å². The average molecular weight is 450 g/mol. The maximum Gasteiger partial charge on any atom is 0.168 e. The van der Waals surface area contributed by atoms with Gasteiger partial charge in [0, 0.05) is 11.1 Å². The van der Waals surface area contributed by atoms with Crippen LogP contribution < -0.4 is 0 Å². The Balaban J connectivity index is 2.03. The molecule has 3 aromatic rings. The van der Waals surface area contributed by atoms with E-state index in [1.165, 1.54) is 6.33 Å². The van der Waals surface area contributed by atoms with Gasteiger partial charge in [-0.05, 0) is 55.7 Å². The van der Waals surface area contributed by atoms with E-state index in [1.807, 2.05) is 18.2 Å². The van der Waals surface area contributed by atoms with Crippen molar-refractivity contribution in [3.8, 4) is 40.0 Å². The molecule has 0 spiro atoms. The van der Waals surface area contributed by atoms with E-state index in [2.05, 4.69) is 35.7 Å². The summed E-state index contributed by atoms with van der Waals surface area (Å²) >= 11 is 0. The zero-order valence-electron chi connectivity index (χ0n) is 19.9. The molecule has 0 saturated heterocycles. The van der Waals surface area contributed by atoms with E-state index in [0.29, 0.717) is 29.1 Å². The summed E-state index contributed by atoms with van der Waals surface area (Å²) in [6.45, 7) is 6.35. The highest BCUT2D eigenvalue weighted by molar-refractivity contribution is 5.72. The van der Waals surface area contributed by atoms with Gasteiger partial charge in [-0.15, -0.1) is 0 Å². The number of hydrogen-bond donors (Lipinski definition) is 3. The van der Waals surface area contributed by atoms with E-state index in [1.54, 1.807) is 6.07 Å². The minimum atomic E-state index is -0.218. The normalized spacial score (nSPS) is 11.1. The second-order valence-electron chi connectivity index (χ2n) is 8.51. The van der Waals surface area contributed by atoms with Crippen LogP contribution in [0.3, 0.4) is 0 Å². The number of phenolic OH excluding ortho intramolecular Hbond substituents is 3. The molecule has 2 aromatic carbocycles. The molecule has 0 unspecified atom stereocenters. The third-order valence-corrected chi connectivity index (χ3v) is 6.03. The summed E-state index contributed by atoms with van der Waals surface area (Å²) in [6.07, 6.45) is 9.65. The van der Waals surface area contributed by atoms with Gasteiger partial charge in [0.15, 0.2) is 23.1 Å². The maximum absolute atomic E-state index is 11.0. The molecule has 0 aliphatic carbocycles. The van der Waals surface area contributed by atoms with Crippen molar-refractivity contribution in [2.24, 2.45) is 0 Å². The molecule has 0 aliphatic rings. The molecule has 3 N–H and O–H groups in total. The molecule has 0 bridgehead atoms. The van der Waals surface area contributed by atoms with E-state index < -0.39 is 0 Å². The van der Waals surface area contributed by atoms with Crippen LogP contribution in [0.1, 0.15) is 76.0 Å². The number of phenols is 3. The zero-order valence-corrected chi connectivity index (χ0v) is 19.9. The number of hydrogen-bond acceptors (Lipinski definition) is 6. The van der Waals surface area contributed by atoms with Crippen LogP contribution >= 0.6 is 0 Å². The van der Waals surface area contributed by atoms with Crippen molar-refractivity contribution >= 4 is 0 Å². The minimum absolute atomic E-state index is 0.121. The molecule has 6 nitrogen and oxygen atoms in total. The summed E-state index contributed by atoms with van der Waals surface area (Å²) in [5.41, 5.74) is 3.64. The molecule has 0 fully saturated rings. The number of aryl methyl sites for hydroxylation is 2. The number of unbranched alkanes of at least 4 members (excludes halogenated alkanes) is 3. The second-order valence-corrected chi connectivity index (χ2v) is 8.51. The van der Waals surface area contributed by atoms with Gasteiger partial charge in [0.2, 0.25) is 0 Å². The molecule has 6 heteroatoms. The molecule has 0 aliphatic heterocycles. The summed E-state index contributed by atoms with van der Waals surface area (Å²) < 4.78 is 0. The topological polar surface area (TPSA) is 99.4 Å².